The Hall–Kier alpha value is -3.71. The summed E-state index contributed by atoms with van der Waals surface area (Å²) in [5.41, 5.74) is 1.99. The Morgan fingerprint density at radius 2 is 1.65 bits per heavy atom. The monoisotopic (exact) mass is 463 g/mol. The number of ether oxygens (including phenoxy) is 2. The lowest BCUT2D eigenvalue weighted by molar-refractivity contribution is -0.919. The molecule has 1 aliphatic rings. The molecular weight excluding hydrogens is 437 g/mol. The van der Waals surface area contributed by atoms with E-state index in [4.69, 9.17) is 9.47 Å². The van der Waals surface area contributed by atoms with Gasteiger partial charge in [0.25, 0.3) is 6.09 Å². The van der Waals surface area contributed by atoms with Crippen LogP contribution in [0.5, 0.6) is 5.75 Å². The summed E-state index contributed by atoms with van der Waals surface area (Å²) in [6.07, 6.45) is -0.471. The number of amides is 1. The minimum absolute atomic E-state index is 0.0763. The van der Waals surface area contributed by atoms with Crippen molar-refractivity contribution in [3.8, 4) is 5.75 Å². The maximum Gasteiger partial charge on any atom is 0.365 e. The van der Waals surface area contributed by atoms with Crippen LogP contribution in [0.15, 0.2) is 78.9 Å². The van der Waals surface area contributed by atoms with Crippen molar-refractivity contribution in [1.82, 2.24) is 0 Å². The summed E-state index contributed by atoms with van der Waals surface area (Å²) in [4.78, 5) is 25.3. The summed E-state index contributed by atoms with van der Waals surface area (Å²) in [6, 6.07) is 21.3. The molecule has 1 aliphatic heterocycles. The molecule has 1 heterocycles. The third-order valence-corrected chi connectivity index (χ3v) is 6.54. The van der Waals surface area contributed by atoms with Gasteiger partial charge < -0.3 is 19.4 Å². The predicted octanol–water partition coefficient (Wildman–Crippen LogP) is 4.14. The third-order valence-electron chi connectivity index (χ3n) is 6.54. The van der Waals surface area contributed by atoms with Gasteiger partial charge >= 0.3 is 5.97 Å². The van der Waals surface area contributed by atoms with E-state index in [9.17, 15) is 19.1 Å². The Labute approximate surface area is 197 Å². The van der Waals surface area contributed by atoms with Gasteiger partial charge in [-0.25, -0.2) is 9.18 Å². The van der Waals surface area contributed by atoms with E-state index < -0.39 is 28.6 Å². The van der Waals surface area contributed by atoms with Gasteiger partial charge in [0.05, 0.1) is 7.11 Å². The minimum atomic E-state index is -1.32. The number of quaternary nitrogens is 1. The number of benzene rings is 3. The van der Waals surface area contributed by atoms with Crippen molar-refractivity contribution in [3.05, 3.63) is 101 Å². The third kappa shape index (κ3) is 4.52. The molecule has 0 N–H and O–H groups in total. The van der Waals surface area contributed by atoms with Crippen LogP contribution in [0.2, 0.25) is 0 Å². The summed E-state index contributed by atoms with van der Waals surface area (Å²) < 4.78 is 24.0. The Kier molecular flexibility index (Phi) is 6.93. The van der Waals surface area contributed by atoms with Gasteiger partial charge in [-0.1, -0.05) is 48.5 Å². The highest BCUT2D eigenvalue weighted by atomic mass is 19.1. The van der Waals surface area contributed by atoms with Crippen LogP contribution in [0, 0.1) is 5.82 Å². The van der Waals surface area contributed by atoms with Crippen LogP contribution in [0.4, 0.5) is 9.18 Å². The summed E-state index contributed by atoms with van der Waals surface area (Å²) in [5.74, 6) is -0.368. The van der Waals surface area contributed by atoms with Crippen LogP contribution < -0.4 is 9.84 Å². The van der Waals surface area contributed by atoms with Crippen molar-refractivity contribution in [2.45, 2.75) is 38.1 Å². The molecule has 0 bridgehead atoms. The number of carbonyl (C=O) groups excluding carboxylic acids is 2. The van der Waals surface area contributed by atoms with Gasteiger partial charge in [0.1, 0.15) is 30.8 Å². The highest BCUT2D eigenvalue weighted by Gasteiger charge is 2.56. The Bertz CT molecular complexity index is 1150. The molecule has 3 aromatic rings. The second kappa shape index (κ2) is 10.1. The average molecular weight is 464 g/mol. The molecular formula is C27H26FNO5. The van der Waals surface area contributed by atoms with E-state index >= 15 is 0 Å². The molecule has 34 heavy (non-hydrogen) atoms. The molecule has 176 valence electrons. The van der Waals surface area contributed by atoms with E-state index in [1.807, 2.05) is 30.3 Å². The minimum Gasteiger partial charge on any atom is -0.498 e. The van der Waals surface area contributed by atoms with Gasteiger partial charge in [0.2, 0.25) is 0 Å². The molecule has 1 amide bonds. The lowest BCUT2D eigenvalue weighted by atomic mass is 10.0. The number of halogens is 1. The molecule has 0 spiro atoms. The maximum atomic E-state index is 13.9. The summed E-state index contributed by atoms with van der Waals surface area (Å²) >= 11 is 0. The smallest absolute Gasteiger partial charge is 0.365 e. The first-order valence-electron chi connectivity index (χ1n) is 11.1. The molecule has 1 unspecified atom stereocenters. The van der Waals surface area contributed by atoms with Gasteiger partial charge in [-0.15, -0.1) is 0 Å². The molecule has 0 aromatic heterocycles. The standard InChI is InChI=1S/C27H26FNO5/c1-33-26(30)25-16-15-24(29(25,27(31)32)17-19-7-3-2-4-8-19)20-11-13-22(14-12-20)34-18-21-9-5-6-10-23(21)28/h2-14,24-25H,15-18H2,1H3/t24-,25+,29?/m1/s1. The van der Waals surface area contributed by atoms with E-state index in [1.165, 1.54) is 13.2 Å². The van der Waals surface area contributed by atoms with Crippen LogP contribution in [-0.4, -0.2) is 29.7 Å². The Morgan fingerprint density at radius 1 is 0.971 bits per heavy atom. The van der Waals surface area contributed by atoms with Gasteiger partial charge in [-0.3, -0.25) is 4.48 Å². The largest absolute Gasteiger partial charge is 0.498 e. The van der Waals surface area contributed by atoms with E-state index in [0.29, 0.717) is 24.2 Å². The van der Waals surface area contributed by atoms with Gasteiger partial charge in [-0.05, 0) is 30.3 Å². The summed E-state index contributed by atoms with van der Waals surface area (Å²) in [6.45, 7) is 0.173. The van der Waals surface area contributed by atoms with Crippen molar-refractivity contribution < 1.29 is 33.0 Å². The number of rotatable bonds is 7. The topological polar surface area (TPSA) is 75.7 Å². The molecule has 0 saturated carbocycles. The van der Waals surface area contributed by atoms with E-state index in [2.05, 4.69) is 0 Å². The van der Waals surface area contributed by atoms with Crippen LogP contribution >= 0.6 is 0 Å². The first kappa shape index (κ1) is 23.4. The normalized spacial score (nSPS) is 21.7. The van der Waals surface area contributed by atoms with Crippen LogP contribution in [-0.2, 0) is 22.7 Å². The molecule has 0 aliphatic carbocycles. The quantitative estimate of drug-likeness (QED) is 0.389. The van der Waals surface area contributed by atoms with Gasteiger partial charge in [0, 0.05) is 29.5 Å². The number of esters is 1. The lowest BCUT2D eigenvalue weighted by Gasteiger charge is -2.43. The first-order chi connectivity index (χ1) is 16.5. The number of carboxylic acid groups (broad SMARTS) is 1. The fourth-order valence-corrected chi connectivity index (χ4v) is 4.86. The summed E-state index contributed by atoms with van der Waals surface area (Å²) in [5, 5.41) is 12.7. The molecule has 0 radical (unpaired) electrons. The van der Waals surface area contributed by atoms with Gasteiger partial charge in [0.15, 0.2) is 6.04 Å². The SMILES string of the molecule is COC(=O)[C@@H]1CC[C@H](c2ccc(OCc3ccccc3F)cc2)[N+]1(Cc1ccccc1)C(=O)[O-]. The molecule has 1 saturated heterocycles. The second-order valence-corrected chi connectivity index (χ2v) is 8.42. The Morgan fingerprint density at radius 3 is 2.29 bits per heavy atom. The molecule has 4 rings (SSSR count). The van der Waals surface area contributed by atoms with Crippen molar-refractivity contribution in [1.29, 1.82) is 0 Å². The molecule has 3 aromatic carbocycles. The van der Waals surface area contributed by atoms with Crippen molar-refractivity contribution in [2.75, 3.05) is 7.11 Å². The summed E-state index contributed by atoms with van der Waals surface area (Å²) in [7, 11) is 1.27. The zero-order chi connectivity index (χ0) is 24.1. The zero-order valence-electron chi connectivity index (χ0n) is 18.9. The van der Waals surface area contributed by atoms with Crippen molar-refractivity contribution in [3.63, 3.8) is 0 Å². The van der Waals surface area contributed by atoms with Gasteiger partial charge in [-0.2, -0.15) is 0 Å². The highest BCUT2D eigenvalue weighted by molar-refractivity contribution is 5.77. The fourth-order valence-electron chi connectivity index (χ4n) is 4.86. The number of nitrogens with zero attached hydrogens (tertiary/aromatic N) is 1. The Balaban J connectivity index is 1.62. The molecule has 7 heteroatoms. The second-order valence-electron chi connectivity index (χ2n) is 8.42. The molecule has 3 atom stereocenters. The number of methoxy groups -OCH3 is 1. The number of carbonyl (C=O) groups is 2. The fraction of sp³-hybridized carbons (Fsp3) is 0.259. The number of hydrogen-bond donors (Lipinski definition) is 0. The number of likely N-dealkylation sites (tertiary alicyclic amines) is 1. The molecule has 1 fully saturated rings. The molecule has 6 nitrogen and oxygen atoms in total. The van der Waals surface area contributed by atoms with Crippen molar-refractivity contribution in [2.24, 2.45) is 0 Å². The van der Waals surface area contributed by atoms with E-state index in [0.717, 1.165) is 11.1 Å². The first-order valence-corrected chi connectivity index (χ1v) is 11.1. The number of hydrogen-bond acceptors (Lipinski definition) is 5. The van der Waals surface area contributed by atoms with E-state index in [1.54, 1.807) is 42.5 Å². The highest BCUT2D eigenvalue weighted by Crippen LogP contribution is 2.45. The van der Waals surface area contributed by atoms with Crippen molar-refractivity contribution >= 4 is 12.1 Å². The average Bonchev–Trinajstić information content (AvgIpc) is 3.24. The predicted molar refractivity (Wildman–Crippen MR) is 121 cm³/mol. The van der Waals surface area contributed by atoms with Crippen LogP contribution in [0.25, 0.3) is 0 Å². The maximum absolute atomic E-state index is 13.9. The van der Waals surface area contributed by atoms with Crippen LogP contribution in [0.1, 0.15) is 35.6 Å². The zero-order valence-corrected chi connectivity index (χ0v) is 18.9. The van der Waals surface area contributed by atoms with E-state index in [-0.39, 0.29) is 19.0 Å². The lowest BCUT2D eigenvalue weighted by Crippen LogP contribution is -2.63. The van der Waals surface area contributed by atoms with Crippen LogP contribution in [0.3, 0.4) is 0 Å².